The first-order chi connectivity index (χ1) is 7.84. The molecule has 16 heavy (non-hydrogen) atoms. The van der Waals surface area contributed by atoms with E-state index in [2.05, 4.69) is 15.6 Å². The van der Waals surface area contributed by atoms with E-state index in [9.17, 15) is 4.79 Å². The van der Waals surface area contributed by atoms with E-state index >= 15 is 0 Å². The third-order valence-electron chi connectivity index (χ3n) is 2.83. The number of aromatic nitrogens is 1. The first-order valence-electron chi connectivity index (χ1n) is 5.72. The summed E-state index contributed by atoms with van der Waals surface area (Å²) < 4.78 is 0. The Labute approximate surface area is 95.5 Å². The standard InChI is InChI=1S/C12H17N3O/c16-12(7-10-4-6-13-8-10)15-9-11-3-1-2-5-14-11/h1-3,5,10,13H,4,6-9H2,(H,15,16). The van der Waals surface area contributed by atoms with Crippen LogP contribution in [-0.4, -0.2) is 24.0 Å². The van der Waals surface area contributed by atoms with Crippen LogP contribution in [0, 0.1) is 5.92 Å². The summed E-state index contributed by atoms with van der Waals surface area (Å²) in [5.41, 5.74) is 0.903. The van der Waals surface area contributed by atoms with Crippen LogP contribution in [0.25, 0.3) is 0 Å². The van der Waals surface area contributed by atoms with Crippen LogP contribution < -0.4 is 10.6 Å². The number of carbonyl (C=O) groups is 1. The quantitative estimate of drug-likeness (QED) is 0.783. The first-order valence-corrected chi connectivity index (χ1v) is 5.72. The van der Waals surface area contributed by atoms with Gasteiger partial charge in [0, 0.05) is 12.6 Å². The van der Waals surface area contributed by atoms with E-state index in [1.54, 1.807) is 6.20 Å². The van der Waals surface area contributed by atoms with E-state index in [0.29, 0.717) is 18.9 Å². The summed E-state index contributed by atoms with van der Waals surface area (Å²) in [5, 5.41) is 6.16. The number of carbonyl (C=O) groups excluding carboxylic acids is 1. The molecule has 1 aliphatic rings. The minimum absolute atomic E-state index is 0.124. The van der Waals surface area contributed by atoms with Gasteiger partial charge in [0.2, 0.25) is 5.91 Å². The summed E-state index contributed by atoms with van der Waals surface area (Å²) in [6, 6.07) is 5.71. The van der Waals surface area contributed by atoms with Crippen LogP contribution in [0.4, 0.5) is 0 Å². The number of hydrogen-bond donors (Lipinski definition) is 2. The maximum atomic E-state index is 11.6. The lowest BCUT2D eigenvalue weighted by molar-refractivity contribution is -0.122. The highest BCUT2D eigenvalue weighted by Crippen LogP contribution is 2.11. The van der Waals surface area contributed by atoms with Gasteiger partial charge in [-0.2, -0.15) is 0 Å². The lowest BCUT2D eigenvalue weighted by Crippen LogP contribution is -2.26. The van der Waals surface area contributed by atoms with Gasteiger partial charge in [0.05, 0.1) is 12.2 Å². The van der Waals surface area contributed by atoms with Crippen LogP contribution in [0.3, 0.4) is 0 Å². The SMILES string of the molecule is O=C(CC1CCNC1)NCc1ccccn1. The number of amides is 1. The Morgan fingerprint density at radius 1 is 1.56 bits per heavy atom. The highest BCUT2D eigenvalue weighted by Gasteiger charge is 2.17. The van der Waals surface area contributed by atoms with Crippen molar-refractivity contribution < 1.29 is 4.79 Å². The number of rotatable bonds is 4. The Morgan fingerprint density at radius 3 is 3.19 bits per heavy atom. The molecule has 0 spiro atoms. The van der Waals surface area contributed by atoms with E-state index in [0.717, 1.165) is 25.2 Å². The molecule has 2 N–H and O–H groups in total. The molecule has 1 aromatic rings. The number of pyridine rings is 1. The molecular weight excluding hydrogens is 202 g/mol. The monoisotopic (exact) mass is 219 g/mol. The zero-order valence-electron chi connectivity index (χ0n) is 9.28. The fraction of sp³-hybridized carbons (Fsp3) is 0.500. The van der Waals surface area contributed by atoms with Crippen molar-refractivity contribution in [3.05, 3.63) is 30.1 Å². The van der Waals surface area contributed by atoms with E-state index in [1.807, 2.05) is 18.2 Å². The molecule has 4 nitrogen and oxygen atoms in total. The molecule has 2 rings (SSSR count). The van der Waals surface area contributed by atoms with Crippen molar-refractivity contribution in [1.82, 2.24) is 15.6 Å². The number of hydrogen-bond acceptors (Lipinski definition) is 3. The second kappa shape index (κ2) is 5.61. The van der Waals surface area contributed by atoms with Gasteiger partial charge < -0.3 is 10.6 Å². The van der Waals surface area contributed by atoms with Crippen LogP contribution in [0.1, 0.15) is 18.5 Å². The summed E-state index contributed by atoms with van der Waals surface area (Å²) >= 11 is 0. The average molecular weight is 219 g/mol. The van der Waals surface area contributed by atoms with Gasteiger partial charge in [0.1, 0.15) is 0 Å². The second-order valence-corrected chi connectivity index (χ2v) is 4.16. The van der Waals surface area contributed by atoms with Crippen molar-refractivity contribution in [2.75, 3.05) is 13.1 Å². The molecule has 2 heterocycles. The molecule has 1 amide bonds. The van der Waals surface area contributed by atoms with E-state index in [4.69, 9.17) is 0 Å². The predicted molar refractivity (Wildman–Crippen MR) is 61.7 cm³/mol. The van der Waals surface area contributed by atoms with Crippen LogP contribution in [-0.2, 0) is 11.3 Å². The summed E-state index contributed by atoms with van der Waals surface area (Å²) in [6.07, 6.45) is 3.47. The van der Waals surface area contributed by atoms with Crippen LogP contribution in [0.5, 0.6) is 0 Å². The lowest BCUT2D eigenvalue weighted by atomic mass is 10.0. The zero-order valence-corrected chi connectivity index (χ0v) is 9.28. The Hall–Kier alpha value is -1.42. The van der Waals surface area contributed by atoms with Crippen molar-refractivity contribution in [1.29, 1.82) is 0 Å². The maximum Gasteiger partial charge on any atom is 0.220 e. The fourth-order valence-corrected chi connectivity index (χ4v) is 1.91. The molecule has 1 atom stereocenters. The highest BCUT2D eigenvalue weighted by molar-refractivity contribution is 5.76. The summed E-state index contributed by atoms with van der Waals surface area (Å²) in [7, 11) is 0. The smallest absolute Gasteiger partial charge is 0.220 e. The van der Waals surface area contributed by atoms with Crippen molar-refractivity contribution in [2.24, 2.45) is 5.92 Å². The molecule has 0 radical (unpaired) electrons. The van der Waals surface area contributed by atoms with Crippen LogP contribution >= 0.6 is 0 Å². The van der Waals surface area contributed by atoms with Crippen LogP contribution in [0.15, 0.2) is 24.4 Å². The number of nitrogens with one attached hydrogen (secondary N) is 2. The summed E-state index contributed by atoms with van der Waals surface area (Å²) in [4.78, 5) is 15.8. The predicted octanol–water partition coefficient (Wildman–Crippen LogP) is 0.697. The van der Waals surface area contributed by atoms with Gasteiger partial charge in [-0.05, 0) is 37.6 Å². The Morgan fingerprint density at radius 2 is 2.50 bits per heavy atom. The van der Waals surface area contributed by atoms with Gasteiger partial charge >= 0.3 is 0 Å². The van der Waals surface area contributed by atoms with Gasteiger partial charge in [0.15, 0.2) is 0 Å². The Kier molecular flexibility index (Phi) is 3.88. The fourth-order valence-electron chi connectivity index (χ4n) is 1.91. The van der Waals surface area contributed by atoms with Gasteiger partial charge in [-0.1, -0.05) is 6.07 Å². The topological polar surface area (TPSA) is 54.0 Å². The number of nitrogens with zero attached hydrogens (tertiary/aromatic N) is 1. The molecule has 1 saturated heterocycles. The molecule has 0 aromatic carbocycles. The molecule has 0 aliphatic carbocycles. The second-order valence-electron chi connectivity index (χ2n) is 4.16. The Balaban J connectivity index is 1.71. The molecule has 4 heteroatoms. The maximum absolute atomic E-state index is 11.6. The molecule has 1 unspecified atom stereocenters. The average Bonchev–Trinajstić information content (AvgIpc) is 2.81. The molecule has 1 fully saturated rings. The van der Waals surface area contributed by atoms with Crippen molar-refractivity contribution in [3.8, 4) is 0 Å². The van der Waals surface area contributed by atoms with Gasteiger partial charge in [-0.15, -0.1) is 0 Å². The third-order valence-corrected chi connectivity index (χ3v) is 2.83. The largest absolute Gasteiger partial charge is 0.350 e. The molecule has 86 valence electrons. The van der Waals surface area contributed by atoms with E-state index in [1.165, 1.54) is 0 Å². The van der Waals surface area contributed by atoms with Crippen LogP contribution in [0.2, 0.25) is 0 Å². The molecule has 0 saturated carbocycles. The summed E-state index contributed by atoms with van der Waals surface area (Å²) in [5.74, 6) is 0.628. The van der Waals surface area contributed by atoms with Gasteiger partial charge in [-0.3, -0.25) is 9.78 Å². The third kappa shape index (κ3) is 3.31. The first kappa shape index (κ1) is 11.1. The minimum atomic E-state index is 0.124. The normalized spacial score (nSPS) is 19.6. The van der Waals surface area contributed by atoms with Crippen molar-refractivity contribution in [2.45, 2.75) is 19.4 Å². The molecular formula is C12H17N3O. The molecule has 0 bridgehead atoms. The minimum Gasteiger partial charge on any atom is -0.350 e. The molecule has 1 aliphatic heterocycles. The zero-order chi connectivity index (χ0) is 11.2. The highest BCUT2D eigenvalue weighted by atomic mass is 16.1. The van der Waals surface area contributed by atoms with E-state index < -0.39 is 0 Å². The van der Waals surface area contributed by atoms with E-state index in [-0.39, 0.29) is 5.91 Å². The lowest BCUT2D eigenvalue weighted by Gasteiger charge is -2.08. The molecule has 1 aromatic heterocycles. The van der Waals surface area contributed by atoms with Gasteiger partial charge in [0.25, 0.3) is 0 Å². The van der Waals surface area contributed by atoms with Crippen molar-refractivity contribution in [3.63, 3.8) is 0 Å². The Bertz CT molecular complexity index is 333. The van der Waals surface area contributed by atoms with Crippen molar-refractivity contribution >= 4 is 5.91 Å². The van der Waals surface area contributed by atoms with Gasteiger partial charge in [-0.25, -0.2) is 0 Å². The summed E-state index contributed by atoms with van der Waals surface area (Å²) in [6.45, 7) is 2.54.